The maximum Gasteiger partial charge on any atom is 0.269 e. The maximum atomic E-state index is 10.5. The van der Waals surface area contributed by atoms with Crippen molar-refractivity contribution in [3.63, 3.8) is 0 Å². The van der Waals surface area contributed by atoms with Gasteiger partial charge in [-0.25, -0.2) is 0 Å². The van der Waals surface area contributed by atoms with Gasteiger partial charge in [0.15, 0.2) is 0 Å². The van der Waals surface area contributed by atoms with Gasteiger partial charge in [0.05, 0.1) is 17.6 Å². The molecule has 1 aromatic carbocycles. The van der Waals surface area contributed by atoms with Crippen LogP contribution in [0, 0.1) is 10.1 Å². The molecule has 2 N–H and O–H groups in total. The van der Waals surface area contributed by atoms with Crippen LogP contribution < -0.4 is 5.32 Å². The topological polar surface area (TPSA) is 75.4 Å². The molecule has 1 atom stereocenters. The average Bonchev–Trinajstić information content (AvgIpc) is 2.30. The molecule has 0 saturated carbocycles. The Balaban J connectivity index is 2.74. The maximum absolute atomic E-state index is 10.5. The highest BCUT2D eigenvalue weighted by molar-refractivity contribution is 7.80. The van der Waals surface area contributed by atoms with Crippen LogP contribution in [-0.4, -0.2) is 28.9 Å². The van der Waals surface area contributed by atoms with Crippen LogP contribution in [0.15, 0.2) is 24.3 Å². The number of aliphatic hydroxyl groups excluding tert-OH is 1. The van der Waals surface area contributed by atoms with Crippen molar-refractivity contribution in [2.75, 3.05) is 18.9 Å². The van der Waals surface area contributed by atoms with E-state index >= 15 is 0 Å². The van der Waals surface area contributed by atoms with E-state index < -0.39 is 4.92 Å². The highest BCUT2D eigenvalue weighted by Crippen LogP contribution is 2.17. The van der Waals surface area contributed by atoms with Gasteiger partial charge >= 0.3 is 0 Å². The predicted octanol–water partition coefficient (Wildman–Crippen LogP) is 1.15. The predicted molar refractivity (Wildman–Crippen MR) is 64.8 cm³/mol. The minimum atomic E-state index is -0.446. The molecule has 5 nitrogen and oxygen atoms in total. The molecule has 1 aromatic rings. The fraction of sp³-hybridized carbons (Fsp3) is 0.400. The summed E-state index contributed by atoms with van der Waals surface area (Å²) in [7, 11) is 0. The Hall–Kier alpha value is -1.11. The van der Waals surface area contributed by atoms with Gasteiger partial charge in [-0.1, -0.05) is 12.1 Å². The first-order valence-corrected chi connectivity index (χ1v) is 5.51. The van der Waals surface area contributed by atoms with E-state index in [0.717, 1.165) is 5.56 Å². The van der Waals surface area contributed by atoms with Crippen molar-refractivity contribution in [1.29, 1.82) is 0 Å². The summed E-state index contributed by atoms with van der Waals surface area (Å²) in [6.45, 7) is 0.622. The molecule has 0 aliphatic rings. The lowest BCUT2D eigenvalue weighted by atomic mass is 10.1. The summed E-state index contributed by atoms with van der Waals surface area (Å²) in [6, 6.07) is 5.95. The number of nitro groups is 1. The third-order valence-electron chi connectivity index (χ3n) is 2.19. The van der Waals surface area contributed by atoms with E-state index in [0.29, 0.717) is 12.3 Å². The fourth-order valence-corrected chi connectivity index (χ4v) is 1.48. The smallest absolute Gasteiger partial charge is 0.269 e. The molecule has 0 unspecified atom stereocenters. The Kier molecular flexibility index (Phi) is 5.24. The molecule has 16 heavy (non-hydrogen) atoms. The van der Waals surface area contributed by atoms with E-state index in [-0.39, 0.29) is 18.3 Å². The second kappa shape index (κ2) is 6.47. The lowest BCUT2D eigenvalue weighted by molar-refractivity contribution is -0.384. The van der Waals surface area contributed by atoms with Gasteiger partial charge in [0.25, 0.3) is 5.69 Å². The number of nitrogens with one attached hydrogen (secondary N) is 1. The van der Waals surface area contributed by atoms with E-state index in [4.69, 9.17) is 5.11 Å². The lowest BCUT2D eigenvalue weighted by Crippen LogP contribution is -2.26. The van der Waals surface area contributed by atoms with Crippen molar-refractivity contribution in [3.8, 4) is 0 Å². The van der Waals surface area contributed by atoms with Crippen molar-refractivity contribution < 1.29 is 10.0 Å². The van der Waals surface area contributed by atoms with Crippen LogP contribution in [0.4, 0.5) is 5.69 Å². The van der Waals surface area contributed by atoms with E-state index in [1.54, 1.807) is 12.1 Å². The van der Waals surface area contributed by atoms with E-state index in [9.17, 15) is 10.1 Å². The normalized spacial score (nSPS) is 12.4. The summed E-state index contributed by atoms with van der Waals surface area (Å²) in [4.78, 5) is 10.0. The van der Waals surface area contributed by atoms with Gasteiger partial charge in [0.1, 0.15) is 0 Å². The van der Waals surface area contributed by atoms with Gasteiger partial charge < -0.3 is 10.4 Å². The molecular weight excluding hydrogens is 228 g/mol. The number of aliphatic hydroxyl groups is 1. The molecule has 0 spiro atoms. The molecule has 0 heterocycles. The summed E-state index contributed by atoms with van der Waals surface area (Å²) < 4.78 is 0. The quantitative estimate of drug-likeness (QED) is 0.397. The molecule has 0 fully saturated rings. The molecule has 0 aliphatic carbocycles. The first kappa shape index (κ1) is 13.0. The summed E-state index contributed by atoms with van der Waals surface area (Å²) in [6.07, 6.45) is 0. The number of thiol groups is 1. The minimum absolute atomic E-state index is 0.0500. The van der Waals surface area contributed by atoms with Gasteiger partial charge in [-0.3, -0.25) is 10.1 Å². The van der Waals surface area contributed by atoms with Crippen LogP contribution in [0.1, 0.15) is 11.6 Å². The van der Waals surface area contributed by atoms with Crippen LogP contribution in [0.2, 0.25) is 0 Å². The first-order chi connectivity index (χ1) is 7.69. The van der Waals surface area contributed by atoms with E-state index in [1.807, 2.05) is 0 Å². The van der Waals surface area contributed by atoms with E-state index in [1.165, 1.54) is 12.1 Å². The van der Waals surface area contributed by atoms with Crippen molar-refractivity contribution >= 4 is 18.3 Å². The van der Waals surface area contributed by atoms with Crippen molar-refractivity contribution in [2.24, 2.45) is 0 Å². The molecule has 0 bridgehead atoms. The number of hydrogen-bond acceptors (Lipinski definition) is 5. The van der Waals surface area contributed by atoms with Gasteiger partial charge in [-0.05, 0) is 5.56 Å². The Morgan fingerprint density at radius 3 is 2.50 bits per heavy atom. The monoisotopic (exact) mass is 242 g/mol. The zero-order valence-electron chi connectivity index (χ0n) is 8.67. The molecule has 0 aromatic heterocycles. The third-order valence-corrected chi connectivity index (χ3v) is 2.41. The highest BCUT2D eigenvalue weighted by atomic mass is 32.1. The summed E-state index contributed by atoms with van der Waals surface area (Å²) in [5.41, 5.74) is 0.879. The lowest BCUT2D eigenvalue weighted by Gasteiger charge is -2.15. The SMILES string of the molecule is O=[N+]([O-])c1ccc([C@H](CO)NCCS)cc1. The molecule has 0 amide bonds. The first-order valence-electron chi connectivity index (χ1n) is 4.88. The molecular formula is C10H14N2O3S. The zero-order chi connectivity index (χ0) is 12.0. The number of non-ortho nitro benzene ring substituents is 1. The third kappa shape index (κ3) is 3.48. The number of rotatable bonds is 6. The highest BCUT2D eigenvalue weighted by Gasteiger charge is 2.11. The Labute approximate surface area is 99.0 Å². The Morgan fingerprint density at radius 1 is 1.44 bits per heavy atom. The molecule has 1 rings (SSSR count). The summed E-state index contributed by atoms with van der Waals surface area (Å²) >= 11 is 4.06. The number of nitro benzene ring substituents is 1. The fourth-order valence-electron chi connectivity index (χ4n) is 1.35. The minimum Gasteiger partial charge on any atom is -0.394 e. The van der Waals surface area contributed by atoms with Crippen LogP contribution >= 0.6 is 12.6 Å². The van der Waals surface area contributed by atoms with Gasteiger partial charge in [0, 0.05) is 24.4 Å². The van der Waals surface area contributed by atoms with Crippen molar-refractivity contribution in [3.05, 3.63) is 39.9 Å². The number of benzene rings is 1. The molecule has 88 valence electrons. The van der Waals surface area contributed by atoms with E-state index in [2.05, 4.69) is 17.9 Å². The summed E-state index contributed by atoms with van der Waals surface area (Å²) in [5.74, 6) is 0.670. The van der Waals surface area contributed by atoms with Gasteiger partial charge in [0.2, 0.25) is 0 Å². The molecule has 6 heteroatoms. The average molecular weight is 242 g/mol. The molecule has 0 saturated heterocycles. The second-order valence-electron chi connectivity index (χ2n) is 3.26. The Bertz CT molecular complexity index is 342. The largest absolute Gasteiger partial charge is 0.394 e. The number of hydrogen-bond donors (Lipinski definition) is 3. The zero-order valence-corrected chi connectivity index (χ0v) is 9.56. The Morgan fingerprint density at radius 2 is 2.06 bits per heavy atom. The summed E-state index contributed by atoms with van der Waals surface area (Å²) in [5, 5.41) is 22.7. The van der Waals surface area contributed by atoms with Crippen molar-refractivity contribution in [1.82, 2.24) is 5.32 Å². The standard InChI is InChI=1S/C10H14N2O3S/c13-7-10(11-5-6-16)8-1-3-9(4-2-8)12(14)15/h1-4,10-11,13,16H,5-7H2/t10-/m0/s1. The van der Waals surface area contributed by atoms with Gasteiger partial charge in [-0.15, -0.1) is 0 Å². The molecule has 0 aliphatic heterocycles. The van der Waals surface area contributed by atoms with Gasteiger partial charge in [-0.2, -0.15) is 12.6 Å². The van der Waals surface area contributed by atoms with Crippen LogP contribution in [-0.2, 0) is 0 Å². The second-order valence-corrected chi connectivity index (χ2v) is 3.71. The van der Waals surface area contributed by atoms with Crippen LogP contribution in [0.3, 0.4) is 0 Å². The van der Waals surface area contributed by atoms with Crippen LogP contribution in [0.5, 0.6) is 0 Å². The van der Waals surface area contributed by atoms with Crippen LogP contribution in [0.25, 0.3) is 0 Å². The molecule has 0 radical (unpaired) electrons. The number of nitrogens with zero attached hydrogens (tertiary/aromatic N) is 1. The van der Waals surface area contributed by atoms with Crippen molar-refractivity contribution in [2.45, 2.75) is 6.04 Å².